The fourth-order valence-corrected chi connectivity index (χ4v) is 5.28. The molecule has 1 fully saturated rings. The minimum atomic E-state index is -3.68. The number of ether oxygens (including phenoxy) is 1. The number of nitrogens with zero attached hydrogens (tertiary/aromatic N) is 1. The zero-order chi connectivity index (χ0) is 21.7. The first kappa shape index (κ1) is 22.5. The summed E-state index contributed by atoms with van der Waals surface area (Å²) in [5.74, 6) is 0.119. The highest BCUT2D eigenvalue weighted by Crippen LogP contribution is 2.25. The summed E-state index contributed by atoms with van der Waals surface area (Å²) >= 11 is 0. The van der Waals surface area contributed by atoms with E-state index in [1.54, 1.807) is 19.1 Å². The molecule has 0 unspecified atom stereocenters. The fourth-order valence-electron chi connectivity index (χ4n) is 3.62. The summed E-state index contributed by atoms with van der Waals surface area (Å²) in [6.07, 6.45) is 0.792. The van der Waals surface area contributed by atoms with Gasteiger partial charge in [-0.2, -0.15) is 4.31 Å². The molecule has 1 heterocycles. The topological polar surface area (TPSA) is 75.7 Å². The molecule has 1 N–H and O–H groups in total. The minimum absolute atomic E-state index is 0.140. The highest BCUT2D eigenvalue weighted by Gasteiger charge is 2.28. The molecule has 30 heavy (non-hydrogen) atoms. The molecule has 1 aliphatic heterocycles. The van der Waals surface area contributed by atoms with Crippen LogP contribution in [-0.2, 0) is 14.8 Å². The Labute approximate surface area is 179 Å². The molecule has 0 bridgehead atoms. The zero-order valence-electron chi connectivity index (χ0n) is 17.8. The van der Waals surface area contributed by atoms with Gasteiger partial charge in [-0.25, -0.2) is 8.42 Å². The molecule has 0 aromatic heterocycles. The van der Waals surface area contributed by atoms with Gasteiger partial charge in [-0.05, 0) is 42.5 Å². The van der Waals surface area contributed by atoms with Gasteiger partial charge < -0.3 is 10.1 Å². The van der Waals surface area contributed by atoms with E-state index >= 15 is 0 Å². The van der Waals surface area contributed by atoms with Crippen molar-refractivity contribution in [2.24, 2.45) is 5.92 Å². The van der Waals surface area contributed by atoms with E-state index in [4.69, 9.17) is 4.74 Å². The van der Waals surface area contributed by atoms with Crippen molar-refractivity contribution in [2.45, 2.75) is 38.1 Å². The fraction of sp³-hybridized carbons (Fsp3) is 0.435. The monoisotopic (exact) mass is 430 g/mol. The van der Waals surface area contributed by atoms with Gasteiger partial charge in [-0.15, -0.1) is 0 Å². The van der Waals surface area contributed by atoms with Gasteiger partial charge in [0.05, 0.1) is 24.2 Å². The molecule has 1 atom stereocenters. The largest absolute Gasteiger partial charge is 0.379 e. The molecule has 162 valence electrons. The summed E-state index contributed by atoms with van der Waals surface area (Å²) in [7, 11) is -3.68. The number of carbonyl (C=O) groups excluding carboxylic acids is 1. The first-order chi connectivity index (χ1) is 14.3. The van der Waals surface area contributed by atoms with Crippen LogP contribution in [0.15, 0.2) is 53.4 Å². The van der Waals surface area contributed by atoms with Gasteiger partial charge in [0.25, 0.3) is 5.91 Å². The second-order valence-corrected chi connectivity index (χ2v) is 9.97. The molecule has 0 aliphatic carbocycles. The number of amides is 1. The van der Waals surface area contributed by atoms with Gasteiger partial charge in [-0.1, -0.05) is 50.2 Å². The smallest absolute Gasteiger partial charge is 0.251 e. The van der Waals surface area contributed by atoms with E-state index in [-0.39, 0.29) is 16.8 Å². The van der Waals surface area contributed by atoms with Crippen LogP contribution in [0.1, 0.15) is 47.8 Å². The second-order valence-electron chi connectivity index (χ2n) is 8.06. The van der Waals surface area contributed by atoms with Gasteiger partial charge in [0.1, 0.15) is 0 Å². The van der Waals surface area contributed by atoms with Crippen molar-refractivity contribution in [3.05, 3.63) is 65.2 Å². The molecule has 2 aromatic rings. The van der Waals surface area contributed by atoms with E-state index in [1.165, 1.54) is 10.4 Å². The number of morpholine rings is 1. The van der Waals surface area contributed by atoms with Crippen LogP contribution in [0.2, 0.25) is 0 Å². The Hall–Kier alpha value is -2.22. The van der Waals surface area contributed by atoms with Crippen LogP contribution in [0.25, 0.3) is 0 Å². The molecule has 2 aromatic carbocycles. The predicted molar refractivity (Wildman–Crippen MR) is 117 cm³/mol. The van der Waals surface area contributed by atoms with Gasteiger partial charge in [-0.3, -0.25) is 4.79 Å². The van der Waals surface area contributed by atoms with E-state index in [9.17, 15) is 13.2 Å². The third-order valence-corrected chi connectivity index (χ3v) is 7.29. The van der Waals surface area contributed by atoms with Crippen LogP contribution in [0, 0.1) is 12.8 Å². The lowest BCUT2D eigenvalue weighted by molar-refractivity contribution is 0.0730. The first-order valence-corrected chi connectivity index (χ1v) is 11.8. The molecule has 1 saturated heterocycles. The number of hydrogen-bond acceptors (Lipinski definition) is 4. The second kappa shape index (κ2) is 9.73. The van der Waals surface area contributed by atoms with Crippen molar-refractivity contribution in [3.8, 4) is 0 Å². The van der Waals surface area contributed by atoms with Crippen LogP contribution in [0.5, 0.6) is 0 Å². The van der Waals surface area contributed by atoms with Gasteiger partial charge in [0.2, 0.25) is 10.0 Å². The molecule has 7 heteroatoms. The standard InChI is InChI=1S/C23H30N2O4S/c1-17(2)15-21(19-7-5-4-6-8-19)24-23(26)20-10-9-18(3)22(16-20)30(27,28)25-11-13-29-14-12-25/h4-10,16-17,21H,11-15H2,1-3H3,(H,24,26)/t21-/m0/s1. The molecule has 6 nitrogen and oxygen atoms in total. The molecule has 3 rings (SSSR count). The lowest BCUT2D eigenvalue weighted by Crippen LogP contribution is -2.41. The zero-order valence-corrected chi connectivity index (χ0v) is 18.6. The number of nitrogens with one attached hydrogen (secondary N) is 1. The van der Waals surface area contributed by atoms with E-state index in [0.717, 1.165) is 12.0 Å². The van der Waals surface area contributed by atoms with Crippen LogP contribution in [0.4, 0.5) is 0 Å². The third-order valence-electron chi connectivity index (χ3n) is 5.25. The van der Waals surface area contributed by atoms with E-state index in [2.05, 4.69) is 19.2 Å². The number of aryl methyl sites for hydroxylation is 1. The highest BCUT2D eigenvalue weighted by molar-refractivity contribution is 7.89. The molecule has 0 saturated carbocycles. The molecule has 1 amide bonds. The summed E-state index contributed by atoms with van der Waals surface area (Å²) in [4.78, 5) is 13.2. The normalized spacial score (nSPS) is 16.4. The molecule has 0 radical (unpaired) electrons. The molecule has 0 spiro atoms. The summed E-state index contributed by atoms with van der Waals surface area (Å²) in [6.45, 7) is 7.38. The maximum atomic E-state index is 13.1. The maximum Gasteiger partial charge on any atom is 0.251 e. The first-order valence-electron chi connectivity index (χ1n) is 10.3. The average molecular weight is 431 g/mol. The molecule has 1 aliphatic rings. The van der Waals surface area contributed by atoms with Crippen molar-refractivity contribution >= 4 is 15.9 Å². The number of sulfonamides is 1. The van der Waals surface area contributed by atoms with E-state index in [1.807, 2.05) is 30.3 Å². The Morgan fingerprint density at radius 1 is 1.10 bits per heavy atom. The maximum absolute atomic E-state index is 13.1. The van der Waals surface area contributed by atoms with Crippen LogP contribution >= 0.6 is 0 Å². The van der Waals surface area contributed by atoms with Crippen LogP contribution < -0.4 is 5.32 Å². The van der Waals surface area contributed by atoms with Crippen molar-refractivity contribution in [2.75, 3.05) is 26.3 Å². The van der Waals surface area contributed by atoms with Crippen molar-refractivity contribution in [1.82, 2.24) is 9.62 Å². The average Bonchev–Trinajstić information content (AvgIpc) is 2.74. The van der Waals surface area contributed by atoms with Gasteiger partial charge >= 0.3 is 0 Å². The lowest BCUT2D eigenvalue weighted by Gasteiger charge is -2.27. The lowest BCUT2D eigenvalue weighted by atomic mass is 9.96. The Morgan fingerprint density at radius 2 is 1.77 bits per heavy atom. The number of carbonyl (C=O) groups is 1. The number of hydrogen-bond donors (Lipinski definition) is 1. The van der Waals surface area contributed by atoms with Crippen molar-refractivity contribution in [3.63, 3.8) is 0 Å². The highest BCUT2D eigenvalue weighted by atomic mass is 32.2. The van der Waals surface area contributed by atoms with Gasteiger partial charge in [0, 0.05) is 18.7 Å². The number of benzene rings is 2. The third kappa shape index (κ3) is 5.28. The SMILES string of the molecule is Cc1ccc(C(=O)N[C@@H](CC(C)C)c2ccccc2)cc1S(=O)(=O)N1CCOCC1. The number of rotatable bonds is 7. The van der Waals surface area contributed by atoms with Crippen molar-refractivity contribution < 1.29 is 17.9 Å². The Bertz CT molecular complexity index is 968. The summed E-state index contributed by atoms with van der Waals surface area (Å²) in [5, 5.41) is 3.09. The van der Waals surface area contributed by atoms with E-state index in [0.29, 0.717) is 43.3 Å². The molecular weight excluding hydrogens is 400 g/mol. The van der Waals surface area contributed by atoms with Crippen LogP contribution in [0.3, 0.4) is 0 Å². The Balaban J connectivity index is 1.86. The Morgan fingerprint density at radius 3 is 2.40 bits per heavy atom. The van der Waals surface area contributed by atoms with E-state index < -0.39 is 10.0 Å². The summed E-state index contributed by atoms with van der Waals surface area (Å²) < 4.78 is 32.9. The summed E-state index contributed by atoms with van der Waals surface area (Å²) in [5.41, 5.74) is 2.00. The molecular formula is C23H30N2O4S. The summed E-state index contributed by atoms with van der Waals surface area (Å²) in [6, 6.07) is 14.6. The quantitative estimate of drug-likeness (QED) is 0.729. The van der Waals surface area contributed by atoms with Crippen LogP contribution in [-0.4, -0.2) is 44.9 Å². The Kier molecular flexibility index (Phi) is 7.28. The van der Waals surface area contributed by atoms with Crippen molar-refractivity contribution in [1.29, 1.82) is 0 Å². The van der Waals surface area contributed by atoms with Gasteiger partial charge in [0.15, 0.2) is 0 Å². The predicted octanol–water partition coefficient (Wildman–Crippen LogP) is 3.53. The minimum Gasteiger partial charge on any atom is -0.379 e.